The van der Waals surface area contributed by atoms with Gasteiger partial charge in [0, 0.05) is 46.6 Å². The van der Waals surface area contributed by atoms with E-state index >= 15 is 0 Å². The van der Waals surface area contributed by atoms with E-state index in [1.807, 2.05) is 53.8 Å². The molecule has 3 aromatic heterocycles. The summed E-state index contributed by atoms with van der Waals surface area (Å²) in [6.07, 6.45) is 4.06. The molecule has 37 heavy (non-hydrogen) atoms. The van der Waals surface area contributed by atoms with Gasteiger partial charge in [-0.1, -0.05) is 13.8 Å². The predicted octanol–water partition coefficient (Wildman–Crippen LogP) is 4.25. The third-order valence-corrected chi connectivity index (χ3v) is 9.29. The van der Waals surface area contributed by atoms with Crippen LogP contribution >= 0.6 is 11.3 Å². The summed E-state index contributed by atoms with van der Waals surface area (Å²) in [4.78, 5) is 33.0. The Bertz CT molecular complexity index is 1360. The van der Waals surface area contributed by atoms with E-state index in [0.29, 0.717) is 29.2 Å². The smallest absolute Gasteiger partial charge is 0.274 e. The maximum atomic E-state index is 13.0. The fraction of sp³-hybridized carbons (Fsp3) is 0.571. The maximum Gasteiger partial charge on any atom is 0.274 e. The van der Waals surface area contributed by atoms with Gasteiger partial charge in [-0.25, -0.2) is 0 Å². The van der Waals surface area contributed by atoms with E-state index in [1.165, 1.54) is 4.57 Å². The van der Waals surface area contributed by atoms with E-state index in [0.717, 1.165) is 40.5 Å². The fourth-order valence-electron chi connectivity index (χ4n) is 4.63. The van der Waals surface area contributed by atoms with Crippen LogP contribution in [0.25, 0.3) is 21.3 Å². The molecule has 3 aromatic rings. The molecule has 1 saturated heterocycles. The highest BCUT2D eigenvalue weighted by atomic mass is 32.1. The molecule has 1 atom stereocenters. The number of aliphatic hydroxyl groups is 1. The lowest BCUT2D eigenvalue weighted by Crippen LogP contribution is -2.41. The van der Waals surface area contributed by atoms with Gasteiger partial charge in [0.25, 0.3) is 11.5 Å². The first-order valence-corrected chi connectivity index (χ1v) is 13.8. The van der Waals surface area contributed by atoms with Crippen molar-refractivity contribution in [1.29, 1.82) is 0 Å². The Hall–Kier alpha value is -2.62. The van der Waals surface area contributed by atoms with Crippen molar-refractivity contribution in [2.24, 2.45) is 7.05 Å². The highest BCUT2D eigenvalue weighted by molar-refractivity contribution is 7.16. The number of amides is 1. The molecule has 0 aromatic carbocycles. The summed E-state index contributed by atoms with van der Waals surface area (Å²) in [6, 6.07) is 4.10. The SMILES string of the molecule is CC(C)NC(=O)c1cc2c(-c3sc(C(C)(C)C(C)(C)O)cc3OCC3CCCN3C)cn(C)c(=O)c2[nH]1. The van der Waals surface area contributed by atoms with Crippen LogP contribution in [0.1, 0.15) is 69.7 Å². The molecule has 0 radical (unpaired) electrons. The molecule has 4 rings (SSSR count). The van der Waals surface area contributed by atoms with Gasteiger partial charge in [-0.15, -0.1) is 11.3 Å². The standard InChI is InChI=1S/C28H40N4O4S/c1-16(2)29-25(33)20-12-18-19(14-32(8)26(34)23(18)30-20)24-21(36-15-17-10-9-11-31(17)7)13-22(37-24)27(3,4)28(5,6)35/h12-14,16-17,30,35H,9-11,15H2,1-8H3,(H,29,33). The molecular weight excluding hydrogens is 488 g/mol. The highest BCUT2D eigenvalue weighted by Crippen LogP contribution is 2.47. The lowest BCUT2D eigenvalue weighted by Gasteiger charge is -2.36. The summed E-state index contributed by atoms with van der Waals surface area (Å²) >= 11 is 1.56. The van der Waals surface area contributed by atoms with Crippen LogP contribution in [-0.2, 0) is 12.5 Å². The summed E-state index contributed by atoms with van der Waals surface area (Å²) < 4.78 is 8.01. The number of aryl methyl sites for hydroxylation is 1. The molecule has 8 nitrogen and oxygen atoms in total. The normalized spacial score (nSPS) is 17.2. The van der Waals surface area contributed by atoms with Gasteiger partial charge in [-0.05, 0) is 66.3 Å². The second kappa shape index (κ2) is 9.93. The minimum Gasteiger partial charge on any atom is -0.490 e. The Morgan fingerprint density at radius 2 is 1.97 bits per heavy atom. The van der Waals surface area contributed by atoms with Crippen LogP contribution in [0.5, 0.6) is 5.75 Å². The van der Waals surface area contributed by atoms with Crippen molar-refractivity contribution in [1.82, 2.24) is 19.8 Å². The molecule has 1 unspecified atom stereocenters. The van der Waals surface area contributed by atoms with Crippen LogP contribution in [0.4, 0.5) is 0 Å². The van der Waals surface area contributed by atoms with Crippen LogP contribution in [0.2, 0.25) is 0 Å². The summed E-state index contributed by atoms with van der Waals surface area (Å²) in [5.41, 5.74) is -0.171. The zero-order valence-electron chi connectivity index (χ0n) is 23.2. The van der Waals surface area contributed by atoms with Gasteiger partial charge >= 0.3 is 0 Å². The Labute approximate surface area is 222 Å². The number of fused-ring (bicyclic) bond motifs is 1. The number of pyridine rings is 1. The molecule has 4 heterocycles. The van der Waals surface area contributed by atoms with E-state index in [-0.39, 0.29) is 17.5 Å². The summed E-state index contributed by atoms with van der Waals surface area (Å²) in [7, 11) is 3.84. The van der Waals surface area contributed by atoms with Gasteiger partial charge in [-0.2, -0.15) is 0 Å². The van der Waals surface area contributed by atoms with E-state index in [9.17, 15) is 14.7 Å². The lowest BCUT2D eigenvalue weighted by molar-refractivity contribution is 0.0112. The molecule has 0 aliphatic carbocycles. The van der Waals surface area contributed by atoms with Gasteiger partial charge in [0.05, 0.1) is 10.5 Å². The molecular formula is C28H40N4O4S. The van der Waals surface area contributed by atoms with Crippen LogP contribution in [0, 0.1) is 0 Å². The highest BCUT2D eigenvalue weighted by Gasteiger charge is 2.39. The molecule has 9 heteroatoms. The quantitative estimate of drug-likeness (QED) is 0.406. The minimum absolute atomic E-state index is 0.0288. The number of likely N-dealkylation sites (N-methyl/N-ethyl adjacent to an activating group) is 1. The van der Waals surface area contributed by atoms with Gasteiger partial charge in [0.1, 0.15) is 23.6 Å². The van der Waals surface area contributed by atoms with E-state index < -0.39 is 11.0 Å². The number of likely N-dealkylation sites (tertiary alicyclic amines) is 1. The number of nitrogens with one attached hydrogen (secondary N) is 2. The average Bonchev–Trinajstić information content (AvgIpc) is 3.52. The molecule has 1 aliphatic rings. The Kier molecular flexibility index (Phi) is 7.35. The number of carbonyl (C=O) groups excluding carboxylic acids is 1. The maximum absolute atomic E-state index is 13.0. The van der Waals surface area contributed by atoms with Gasteiger partial charge in [0.2, 0.25) is 0 Å². The van der Waals surface area contributed by atoms with Gasteiger partial charge < -0.3 is 29.6 Å². The number of carbonyl (C=O) groups is 1. The van der Waals surface area contributed by atoms with E-state index in [1.54, 1.807) is 24.5 Å². The second-order valence-electron chi connectivity index (χ2n) is 11.6. The van der Waals surface area contributed by atoms with Crippen LogP contribution in [-0.4, -0.2) is 63.3 Å². The fourth-order valence-corrected chi connectivity index (χ4v) is 6.01. The molecule has 1 amide bonds. The van der Waals surface area contributed by atoms with Gasteiger partial charge in [-0.3, -0.25) is 9.59 Å². The molecule has 0 saturated carbocycles. The number of thiophene rings is 1. The lowest BCUT2D eigenvalue weighted by atomic mass is 9.76. The number of aromatic amines is 1. The van der Waals surface area contributed by atoms with Crippen molar-refractivity contribution in [3.8, 4) is 16.2 Å². The first-order chi connectivity index (χ1) is 17.2. The third kappa shape index (κ3) is 5.22. The average molecular weight is 529 g/mol. The monoisotopic (exact) mass is 528 g/mol. The summed E-state index contributed by atoms with van der Waals surface area (Å²) in [5.74, 6) is 0.474. The van der Waals surface area contributed by atoms with E-state index in [4.69, 9.17) is 4.74 Å². The molecule has 1 fully saturated rings. The third-order valence-electron chi connectivity index (χ3n) is 7.82. The van der Waals surface area contributed by atoms with Crippen molar-refractivity contribution < 1.29 is 14.6 Å². The van der Waals surface area contributed by atoms with Crippen LogP contribution in [0.15, 0.2) is 23.1 Å². The summed E-state index contributed by atoms with van der Waals surface area (Å²) in [6.45, 7) is 13.1. The van der Waals surface area contributed by atoms with Crippen molar-refractivity contribution in [3.63, 3.8) is 0 Å². The Balaban J connectivity index is 1.87. The number of H-pyrrole nitrogens is 1. The zero-order chi connectivity index (χ0) is 27.3. The minimum atomic E-state index is -0.965. The number of aromatic nitrogens is 2. The van der Waals surface area contributed by atoms with Crippen LogP contribution < -0.4 is 15.6 Å². The van der Waals surface area contributed by atoms with E-state index in [2.05, 4.69) is 22.2 Å². The molecule has 0 bridgehead atoms. The first kappa shape index (κ1) is 27.4. The summed E-state index contributed by atoms with van der Waals surface area (Å²) in [5, 5.41) is 14.5. The van der Waals surface area contributed by atoms with Crippen molar-refractivity contribution in [2.75, 3.05) is 20.2 Å². The molecule has 0 spiro atoms. The van der Waals surface area contributed by atoms with Crippen molar-refractivity contribution in [3.05, 3.63) is 39.3 Å². The first-order valence-electron chi connectivity index (χ1n) is 12.9. The second-order valence-corrected chi connectivity index (χ2v) is 12.7. The van der Waals surface area contributed by atoms with Gasteiger partial charge in [0.15, 0.2) is 0 Å². The number of hydrogen-bond acceptors (Lipinski definition) is 6. The Morgan fingerprint density at radius 3 is 2.57 bits per heavy atom. The molecule has 3 N–H and O–H groups in total. The largest absolute Gasteiger partial charge is 0.490 e. The number of hydrogen-bond donors (Lipinski definition) is 3. The number of nitrogens with zero attached hydrogens (tertiary/aromatic N) is 2. The predicted molar refractivity (Wildman–Crippen MR) is 150 cm³/mol. The van der Waals surface area contributed by atoms with Crippen molar-refractivity contribution >= 4 is 28.1 Å². The van der Waals surface area contributed by atoms with Crippen LogP contribution in [0.3, 0.4) is 0 Å². The Morgan fingerprint density at radius 1 is 1.27 bits per heavy atom. The van der Waals surface area contributed by atoms with Crippen molar-refractivity contribution in [2.45, 2.75) is 77.5 Å². The number of ether oxygens (including phenoxy) is 1. The number of rotatable bonds is 8. The molecule has 202 valence electrons. The topological polar surface area (TPSA) is 99.6 Å². The molecule has 1 aliphatic heterocycles. The zero-order valence-corrected chi connectivity index (χ0v) is 24.0.